The fourth-order valence-corrected chi connectivity index (χ4v) is 2.39. The van der Waals surface area contributed by atoms with Crippen LogP contribution in [-0.4, -0.2) is 16.1 Å². The molecule has 0 saturated heterocycles. The minimum atomic E-state index is -0.116. The van der Waals surface area contributed by atoms with E-state index >= 15 is 0 Å². The first-order valence-corrected chi connectivity index (χ1v) is 7.26. The predicted octanol–water partition coefficient (Wildman–Crippen LogP) is 3.20. The van der Waals surface area contributed by atoms with E-state index in [9.17, 15) is 4.79 Å². The lowest BCUT2D eigenvalue weighted by Gasteiger charge is -2.17. The number of nitrogens with zero attached hydrogens (tertiary/aromatic N) is 1. The summed E-state index contributed by atoms with van der Waals surface area (Å²) >= 11 is 2.09. The number of rotatable bonds is 4. The average molecular weight is 369 g/mol. The Labute approximate surface area is 126 Å². The molecule has 1 unspecified atom stereocenters. The van der Waals surface area contributed by atoms with Crippen molar-refractivity contribution >= 4 is 28.5 Å². The molecule has 2 rings (SSSR count). The van der Waals surface area contributed by atoms with Crippen molar-refractivity contribution in [1.82, 2.24) is 15.5 Å². The van der Waals surface area contributed by atoms with Gasteiger partial charge in [-0.3, -0.25) is 9.89 Å². The van der Waals surface area contributed by atoms with Crippen molar-refractivity contribution in [2.45, 2.75) is 26.3 Å². The second kappa shape index (κ2) is 6.18. The van der Waals surface area contributed by atoms with Crippen molar-refractivity contribution in [3.63, 3.8) is 0 Å². The second-order valence-corrected chi connectivity index (χ2v) is 5.60. The number of hydrogen-bond donors (Lipinski definition) is 2. The van der Waals surface area contributed by atoms with Crippen LogP contribution in [0.1, 0.15) is 41.0 Å². The third-order valence-corrected chi connectivity index (χ3v) is 3.83. The van der Waals surface area contributed by atoms with Crippen molar-refractivity contribution in [3.8, 4) is 0 Å². The summed E-state index contributed by atoms with van der Waals surface area (Å²) in [6.07, 6.45) is 2.49. The van der Waals surface area contributed by atoms with Crippen LogP contribution in [0.25, 0.3) is 0 Å². The third kappa shape index (κ3) is 3.34. The maximum Gasteiger partial charge on any atom is 0.270 e. The molecule has 1 heterocycles. The van der Waals surface area contributed by atoms with E-state index in [1.54, 1.807) is 6.20 Å². The smallest absolute Gasteiger partial charge is 0.270 e. The minimum absolute atomic E-state index is 0.0206. The van der Waals surface area contributed by atoms with Crippen molar-refractivity contribution in [1.29, 1.82) is 0 Å². The van der Waals surface area contributed by atoms with Crippen molar-refractivity contribution < 1.29 is 4.79 Å². The van der Waals surface area contributed by atoms with E-state index in [2.05, 4.69) is 76.2 Å². The monoisotopic (exact) mass is 369 g/mol. The van der Waals surface area contributed by atoms with Crippen LogP contribution in [0.15, 0.2) is 30.5 Å². The van der Waals surface area contributed by atoms with Crippen molar-refractivity contribution in [2.24, 2.45) is 0 Å². The number of aromatic amines is 1. The van der Waals surface area contributed by atoms with Gasteiger partial charge in [0, 0.05) is 0 Å². The van der Waals surface area contributed by atoms with Crippen LogP contribution in [0.2, 0.25) is 0 Å². The molecule has 0 fully saturated rings. The molecule has 2 N–H and O–H groups in total. The van der Waals surface area contributed by atoms with Crippen LogP contribution in [0.4, 0.5) is 0 Å². The molecular weight excluding hydrogens is 353 g/mol. The first-order chi connectivity index (χ1) is 9.11. The van der Waals surface area contributed by atoms with E-state index in [0.29, 0.717) is 5.69 Å². The van der Waals surface area contributed by atoms with Crippen LogP contribution < -0.4 is 5.32 Å². The lowest BCUT2D eigenvalue weighted by molar-refractivity contribution is 0.0929. The molecule has 0 radical (unpaired) electrons. The highest BCUT2D eigenvalue weighted by Crippen LogP contribution is 2.18. The van der Waals surface area contributed by atoms with Gasteiger partial charge in [0.15, 0.2) is 0 Å². The fourth-order valence-electron chi connectivity index (χ4n) is 1.88. The van der Waals surface area contributed by atoms with E-state index in [1.807, 2.05) is 0 Å². The van der Waals surface area contributed by atoms with Crippen molar-refractivity contribution in [3.05, 3.63) is 50.9 Å². The third-order valence-electron chi connectivity index (χ3n) is 3.01. The summed E-state index contributed by atoms with van der Waals surface area (Å²) in [5.41, 5.74) is 2.86. The molecule has 0 aliphatic carbocycles. The molecule has 1 aromatic heterocycles. The van der Waals surface area contributed by atoms with E-state index < -0.39 is 0 Å². The number of aromatic nitrogens is 2. The van der Waals surface area contributed by atoms with Gasteiger partial charge in [0.05, 0.1) is 15.8 Å². The Bertz CT molecular complexity index is 562. The number of carbonyl (C=O) groups is 1. The van der Waals surface area contributed by atoms with Crippen LogP contribution in [0.3, 0.4) is 0 Å². The van der Waals surface area contributed by atoms with Crippen LogP contribution in [-0.2, 0) is 0 Å². The van der Waals surface area contributed by atoms with E-state index in [1.165, 1.54) is 5.56 Å². The molecule has 1 atom stereocenters. The first-order valence-electron chi connectivity index (χ1n) is 6.18. The summed E-state index contributed by atoms with van der Waals surface area (Å²) in [5, 5.41) is 9.62. The zero-order valence-corrected chi connectivity index (χ0v) is 13.1. The fraction of sp³-hybridized carbons (Fsp3) is 0.286. The Kier molecular flexibility index (Phi) is 4.57. The molecule has 0 saturated carbocycles. The van der Waals surface area contributed by atoms with Gasteiger partial charge in [-0.25, -0.2) is 0 Å². The van der Waals surface area contributed by atoms with Gasteiger partial charge in [-0.1, -0.05) is 36.8 Å². The van der Waals surface area contributed by atoms with Crippen LogP contribution >= 0.6 is 22.6 Å². The maximum absolute atomic E-state index is 12.1. The standard InChI is InChI=1S/C14H16IN3O/c1-3-12(10-6-4-9(2)5-7-10)17-14(19)13-11(15)8-16-18-13/h4-8,12H,3H2,1-2H3,(H,16,18)(H,17,19). The van der Waals surface area contributed by atoms with Crippen molar-refractivity contribution in [2.75, 3.05) is 0 Å². The molecule has 19 heavy (non-hydrogen) atoms. The summed E-state index contributed by atoms with van der Waals surface area (Å²) in [4.78, 5) is 12.1. The highest BCUT2D eigenvalue weighted by Gasteiger charge is 2.17. The van der Waals surface area contributed by atoms with Crippen LogP contribution in [0.5, 0.6) is 0 Å². The number of benzene rings is 1. The van der Waals surface area contributed by atoms with Gasteiger partial charge in [-0.15, -0.1) is 0 Å². The molecule has 100 valence electrons. The summed E-state index contributed by atoms with van der Waals surface area (Å²) in [6.45, 7) is 4.11. The predicted molar refractivity (Wildman–Crippen MR) is 83.0 cm³/mol. The number of amides is 1. The molecule has 2 aromatic rings. The number of nitrogens with one attached hydrogen (secondary N) is 2. The zero-order chi connectivity index (χ0) is 13.8. The normalized spacial score (nSPS) is 12.2. The van der Waals surface area contributed by atoms with E-state index in [0.717, 1.165) is 15.6 Å². The Morgan fingerprint density at radius 3 is 2.63 bits per heavy atom. The number of hydrogen-bond acceptors (Lipinski definition) is 2. The van der Waals surface area contributed by atoms with Gasteiger partial charge >= 0.3 is 0 Å². The van der Waals surface area contributed by atoms with Gasteiger partial charge in [0.25, 0.3) is 5.91 Å². The molecule has 1 amide bonds. The number of carbonyl (C=O) groups excluding carboxylic acids is 1. The Balaban J connectivity index is 2.13. The lowest BCUT2D eigenvalue weighted by atomic mass is 10.0. The molecule has 0 aliphatic rings. The topological polar surface area (TPSA) is 57.8 Å². The SMILES string of the molecule is CCC(NC(=O)c1[nH]ncc1I)c1ccc(C)cc1. The summed E-state index contributed by atoms with van der Waals surface area (Å²) in [6, 6.07) is 8.25. The molecule has 0 bridgehead atoms. The molecule has 0 spiro atoms. The van der Waals surface area contributed by atoms with Gasteiger partial charge in [-0.2, -0.15) is 5.10 Å². The Morgan fingerprint density at radius 1 is 1.42 bits per heavy atom. The zero-order valence-electron chi connectivity index (χ0n) is 10.9. The second-order valence-electron chi connectivity index (χ2n) is 4.44. The Hall–Kier alpha value is -1.37. The number of halogens is 1. The molecule has 0 aliphatic heterocycles. The summed E-state index contributed by atoms with van der Waals surface area (Å²) in [5.74, 6) is -0.116. The first kappa shape index (κ1) is 14.0. The quantitative estimate of drug-likeness (QED) is 0.814. The van der Waals surface area contributed by atoms with Gasteiger partial charge in [0.1, 0.15) is 5.69 Å². The maximum atomic E-state index is 12.1. The van der Waals surface area contributed by atoms with Gasteiger partial charge in [0.2, 0.25) is 0 Å². The highest BCUT2D eigenvalue weighted by molar-refractivity contribution is 14.1. The molecule has 4 nitrogen and oxygen atoms in total. The van der Waals surface area contributed by atoms with Gasteiger partial charge < -0.3 is 5.32 Å². The molecular formula is C14H16IN3O. The van der Waals surface area contributed by atoms with Crippen LogP contribution in [0, 0.1) is 10.5 Å². The minimum Gasteiger partial charge on any atom is -0.344 e. The Morgan fingerprint density at radius 2 is 2.11 bits per heavy atom. The summed E-state index contributed by atoms with van der Waals surface area (Å²) in [7, 11) is 0. The highest BCUT2D eigenvalue weighted by atomic mass is 127. The summed E-state index contributed by atoms with van der Waals surface area (Å²) < 4.78 is 0.828. The number of aryl methyl sites for hydroxylation is 1. The van der Waals surface area contributed by atoms with E-state index in [-0.39, 0.29) is 11.9 Å². The number of H-pyrrole nitrogens is 1. The van der Waals surface area contributed by atoms with Gasteiger partial charge in [-0.05, 0) is 41.5 Å². The lowest BCUT2D eigenvalue weighted by Crippen LogP contribution is -2.29. The molecule has 1 aromatic carbocycles. The largest absolute Gasteiger partial charge is 0.344 e. The average Bonchev–Trinajstić information content (AvgIpc) is 2.83. The van der Waals surface area contributed by atoms with E-state index in [4.69, 9.17) is 0 Å². The molecule has 5 heteroatoms.